The number of hydrogen-bond acceptors (Lipinski definition) is 4. The molecule has 3 aromatic rings. The molecular weight excluding hydrogens is 340 g/mol. The Hall–Kier alpha value is -2.89. The third kappa shape index (κ3) is 4.27. The number of nitrogens with zero attached hydrogens (tertiary/aromatic N) is 3. The molecule has 0 aliphatic carbocycles. The molecule has 1 aromatic carbocycles. The van der Waals surface area contributed by atoms with Crippen LogP contribution in [0.5, 0.6) is 0 Å². The molecule has 0 fully saturated rings. The molecule has 0 aliphatic rings. The van der Waals surface area contributed by atoms with Crippen molar-refractivity contribution in [3.63, 3.8) is 0 Å². The number of aromatic nitrogens is 3. The van der Waals surface area contributed by atoms with Crippen LogP contribution in [-0.4, -0.2) is 20.6 Å². The van der Waals surface area contributed by atoms with Crippen LogP contribution in [0, 0.1) is 20.8 Å². The summed E-state index contributed by atoms with van der Waals surface area (Å²) in [5.41, 5.74) is 5.08. The molecule has 2 heterocycles. The lowest BCUT2D eigenvalue weighted by Crippen LogP contribution is -2.27. The lowest BCUT2D eigenvalue weighted by atomic mass is 10.1. The van der Waals surface area contributed by atoms with Crippen LogP contribution < -0.4 is 5.32 Å². The van der Waals surface area contributed by atoms with Crippen molar-refractivity contribution in [1.82, 2.24) is 20.0 Å². The zero-order valence-corrected chi connectivity index (χ0v) is 16.5. The lowest BCUT2D eigenvalue weighted by Gasteiger charge is -2.11. The summed E-state index contributed by atoms with van der Waals surface area (Å²) in [6.07, 6.45) is 0. The SMILES string of the molecule is Cc1ccc(CNC(=O)Cn2c(C)cc(C)c2-c2nc(C(C)C)no2)cc1. The van der Waals surface area contributed by atoms with E-state index in [1.807, 2.05) is 69.5 Å². The number of carbonyl (C=O) groups excluding carboxylic acids is 1. The van der Waals surface area contributed by atoms with Crippen LogP contribution in [0.2, 0.25) is 0 Å². The van der Waals surface area contributed by atoms with E-state index in [0.717, 1.165) is 22.5 Å². The lowest BCUT2D eigenvalue weighted by molar-refractivity contribution is -0.121. The summed E-state index contributed by atoms with van der Waals surface area (Å²) >= 11 is 0. The maximum Gasteiger partial charge on any atom is 0.274 e. The molecule has 0 unspecified atom stereocenters. The Kier molecular flexibility index (Phi) is 5.44. The van der Waals surface area contributed by atoms with E-state index in [2.05, 4.69) is 15.5 Å². The standard InChI is InChI=1S/C21H26N4O2/c1-13(2)20-23-21(27-24-20)19-15(4)10-16(5)25(19)12-18(26)22-11-17-8-6-14(3)7-9-17/h6-10,13H,11-12H2,1-5H3,(H,22,26). The van der Waals surface area contributed by atoms with Gasteiger partial charge in [-0.05, 0) is 38.0 Å². The van der Waals surface area contributed by atoms with E-state index >= 15 is 0 Å². The second kappa shape index (κ2) is 7.78. The molecule has 0 saturated carbocycles. The maximum absolute atomic E-state index is 12.5. The molecule has 1 N–H and O–H groups in total. The Morgan fingerprint density at radius 2 is 1.89 bits per heavy atom. The highest BCUT2D eigenvalue weighted by Crippen LogP contribution is 2.27. The van der Waals surface area contributed by atoms with Gasteiger partial charge in [0.25, 0.3) is 5.89 Å². The summed E-state index contributed by atoms with van der Waals surface area (Å²) in [5.74, 6) is 1.25. The fourth-order valence-electron chi connectivity index (χ4n) is 3.01. The van der Waals surface area contributed by atoms with Gasteiger partial charge in [-0.25, -0.2) is 0 Å². The van der Waals surface area contributed by atoms with Gasteiger partial charge in [0, 0.05) is 18.2 Å². The fraction of sp³-hybridized carbons (Fsp3) is 0.381. The number of aryl methyl sites for hydroxylation is 3. The van der Waals surface area contributed by atoms with E-state index in [1.54, 1.807) is 0 Å². The minimum atomic E-state index is -0.0564. The number of rotatable bonds is 6. The average molecular weight is 366 g/mol. The van der Waals surface area contributed by atoms with Gasteiger partial charge in [-0.1, -0.05) is 48.8 Å². The monoisotopic (exact) mass is 366 g/mol. The Balaban J connectivity index is 1.76. The number of hydrogen-bond donors (Lipinski definition) is 1. The van der Waals surface area contributed by atoms with Crippen molar-refractivity contribution in [3.8, 4) is 11.6 Å². The largest absolute Gasteiger partial charge is 0.350 e. The average Bonchev–Trinajstić information content (AvgIpc) is 3.19. The topological polar surface area (TPSA) is 73.0 Å². The minimum Gasteiger partial charge on any atom is -0.350 e. The first-order chi connectivity index (χ1) is 12.8. The van der Waals surface area contributed by atoms with Gasteiger partial charge in [0.15, 0.2) is 5.82 Å². The fourth-order valence-corrected chi connectivity index (χ4v) is 3.01. The van der Waals surface area contributed by atoms with E-state index in [9.17, 15) is 4.79 Å². The minimum absolute atomic E-state index is 0.0564. The van der Waals surface area contributed by atoms with Gasteiger partial charge in [0.2, 0.25) is 5.91 Å². The summed E-state index contributed by atoms with van der Waals surface area (Å²) in [6.45, 7) is 10.8. The highest BCUT2D eigenvalue weighted by Gasteiger charge is 2.20. The Bertz CT molecular complexity index is 936. The molecule has 0 saturated heterocycles. The van der Waals surface area contributed by atoms with Gasteiger partial charge in [0.05, 0.1) is 0 Å². The summed E-state index contributed by atoms with van der Waals surface area (Å²) in [7, 11) is 0. The van der Waals surface area contributed by atoms with E-state index in [0.29, 0.717) is 18.3 Å². The molecule has 0 aliphatic heterocycles. The predicted molar refractivity (Wildman–Crippen MR) is 104 cm³/mol. The van der Waals surface area contributed by atoms with Crippen LogP contribution in [0.1, 0.15) is 48.0 Å². The Morgan fingerprint density at radius 3 is 2.52 bits per heavy atom. The molecule has 6 heteroatoms. The molecule has 0 spiro atoms. The molecule has 0 radical (unpaired) electrons. The first kappa shape index (κ1) is 18.9. The summed E-state index contributed by atoms with van der Waals surface area (Å²) in [5, 5.41) is 7.02. The van der Waals surface area contributed by atoms with Crippen molar-refractivity contribution in [2.24, 2.45) is 0 Å². The van der Waals surface area contributed by atoms with Crippen molar-refractivity contribution in [3.05, 3.63) is 58.5 Å². The summed E-state index contributed by atoms with van der Waals surface area (Å²) < 4.78 is 7.38. The second-order valence-electron chi connectivity index (χ2n) is 7.28. The zero-order valence-electron chi connectivity index (χ0n) is 16.5. The maximum atomic E-state index is 12.5. The third-order valence-corrected chi connectivity index (χ3v) is 4.57. The van der Waals surface area contributed by atoms with E-state index < -0.39 is 0 Å². The van der Waals surface area contributed by atoms with Crippen molar-refractivity contribution in [2.45, 2.75) is 53.6 Å². The first-order valence-electron chi connectivity index (χ1n) is 9.18. The number of amides is 1. The molecule has 0 atom stereocenters. The highest BCUT2D eigenvalue weighted by molar-refractivity contribution is 5.77. The Morgan fingerprint density at radius 1 is 1.19 bits per heavy atom. The van der Waals surface area contributed by atoms with Crippen LogP contribution >= 0.6 is 0 Å². The normalized spacial score (nSPS) is 11.2. The third-order valence-electron chi connectivity index (χ3n) is 4.57. The van der Waals surface area contributed by atoms with Gasteiger partial charge in [-0.15, -0.1) is 0 Å². The van der Waals surface area contributed by atoms with Gasteiger partial charge in [0.1, 0.15) is 12.2 Å². The quantitative estimate of drug-likeness (QED) is 0.718. The van der Waals surface area contributed by atoms with Gasteiger partial charge in [-0.3, -0.25) is 4.79 Å². The molecule has 0 bridgehead atoms. The van der Waals surface area contributed by atoms with Crippen molar-refractivity contribution in [2.75, 3.05) is 0 Å². The van der Waals surface area contributed by atoms with Crippen LogP contribution in [0.4, 0.5) is 0 Å². The van der Waals surface area contributed by atoms with Crippen molar-refractivity contribution in [1.29, 1.82) is 0 Å². The molecule has 2 aromatic heterocycles. The number of carbonyl (C=O) groups is 1. The number of nitrogens with one attached hydrogen (secondary N) is 1. The van der Waals surface area contributed by atoms with Gasteiger partial charge >= 0.3 is 0 Å². The van der Waals surface area contributed by atoms with Crippen molar-refractivity contribution < 1.29 is 9.32 Å². The second-order valence-corrected chi connectivity index (χ2v) is 7.28. The highest BCUT2D eigenvalue weighted by atomic mass is 16.5. The first-order valence-corrected chi connectivity index (χ1v) is 9.18. The smallest absolute Gasteiger partial charge is 0.274 e. The predicted octanol–water partition coefficient (Wildman–Crippen LogP) is 3.90. The zero-order chi connectivity index (χ0) is 19.6. The molecule has 3 rings (SSSR count). The van der Waals surface area contributed by atoms with Crippen LogP contribution in [0.15, 0.2) is 34.9 Å². The molecule has 142 valence electrons. The van der Waals surface area contributed by atoms with Crippen LogP contribution in [0.3, 0.4) is 0 Å². The van der Waals surface area contributed by atoms with E-state index in [-0.39, 0.29) is 18.4 Å². The molecule has 6 nitrogen and oxygen atoms in total. The molecular formula is C21H26N4O2. The van der Waals surface area contributed by atoms with E-state index in [1.165, 1.54) is 5.56 Å². The van der Waals surface area contributed by atoms with Crippen LogP contribution in [-0.2, 0) is 17.9 Å². The summed E-state index contributed by atoms with van der Waals surface area (Å²) in [4.78, 5) is 17.0. The molecule has 27 heavy (non-hydrogen) atoms. The van der Waals surface area contributed by atoms with Crippen LogP contribution in [0.25, 0.3) is 11.6 Å². The summed E-state index contributed by atoms with van der Waals surface area (Å²) in [6, 6.07) is 10.2. The van der Waals surface area contributed by atoms with E-state index in [4.69, 9.17) is 4.52 Å². The van der Waals surface area contributed by atoms with Gasteiger partial charge in [-0.2, -0.15) is 4.98 Å². The Labute approximate surface area is 159 Å². The molecule has 1 amide bonds. The van der Waals surface area contributed by atoms with Crippen molar-refractivity contribution >= 4 is 5.91 Å². The van der Waals surface area contributed by atoms with Gasteiger partial charge < -0.3 is 14.4 Å². The number of benzene rings is 1.